The van der Waals surface area contributed by atoms with Crippen molar-refractivity contribution < 1.29 is 9.47 Å². The molecule has 0 saturated heterocycles. The first-order valence-corrected chi connectivity index (χ1v) is 23.3. The normalized spacial score (nSPS) is 11.4. The molecule has 0 unspecified atom stereocenters. The molecule has 70 heavy (non-hydrogen) atoms. The summed E-state index contributed by atoms with van der Waals surface area (Å²) in [4.78, 5) is 4.58. The maximum absolute atomic E-state index is 10.6. The third-order valence-electron chi connectivity index (χ3n) is 13.0. The van der Waals surface area contributed by atoms with Gasteiger partial charge in [-0.1, -0.05) is 146 Å². The Balaban J connectivity index is 0.837. The summed E-state index contributed by atoms with van der Waals surface area (Å²) in [6, 6.07) is 80.9. The first-order chi connectivity index (χ1) is 34.5. The Morgan fingerprint density at radius 2 is 0.757 bits per heavy atom. The van der Waals surface area contributed by atoms with Gasteiger partial charge in [-0.15, -0.1) is 0 Å². The molecule has 0 saturated carbocycles. The fourth-order valence-electron chi connectivity index (χ4n) is 9.46. The van der Waals surface area contributed by atoms with Crippen LogP contribution in [0.5, 0.6) is 11.5 Å². The summed E-state index contributed by atoms with van der Waals surface area (Å²) < 4.78 is 11.0. The lowest BCUT2D eigenvalue weighted by atomic mass is 9.94. The number of benzene rings is 11. The van der Waals surface area contributed by atoms with Crippen molar-refractivity contribution in [2.75, 3.05) is 24.0 Å². The molecule has 0 aliphatic carbocycles. The molecule has 0 fully saturated rings. The topological polar surface area (TPSA) is 48.7 Å². The number of anilines is 6. The van der Waals surface area contributed by atoms with Gasteiger partial charge in [0.2, 0.25) is 0 Å². The van der Waals surface area contributed by atoms with Gasteiger partial charge in [-0.2, -0.15) is 5.26 Å². The summed E-state index contributed by atoms with van der Waals surface area (Å²) in [5.41, 5.74) is 11.3. The minimum absolute atomic E-state index is 0.679. The van der Waals surface area contributed by atoms with Crippen LogP contribution in [0.15, 0.2) is 224 Å². The summed E-state index contributed by atoms with van der Waals surface area (Å²) in [5, 5.41) is 19.2. The maximum Gasteiger partial charge on any atom is 0.119 e. The van der Waals surface area contributed by atoms with Gasteiger partial charge in [-0.05, 0) is 147 Å². The van der Waals surface area contributed by atoms with Gasteiger partial charge in [-0.3, -0.25) is 0 Å². The summed E-state index contributed by atoms with van der Waals surface area (Å²) >= 11 is 0. The molecule has 11 rings (SSSR count). The Kier molecular flexibility index (Phi) is 11.8. The first kappa shape index (κ1) is 43.2. The maximum atomic E-state index is 10.6. The molecule has 0 spiro atoms. The molecule has 11 aromatic carbocycles. The first-order valence-electron chi connectivity index (χ1n) is 23.3. The van der Waals surface area contributed by atoms with E-state index in [4.69, 9.17) is 9.47 Å². The van der Waals surface area contributed by atoms with Crippen LogP contribution in [0, 0.1) is 11.3 Å². The summed E-state index contributed by atoms with van der Waals surface area (Å²) in [6.45, 7) is 0. The molecule has 0 aromatic heterocycles. The van der Waals surface area contributed by atoms with Crippen LogP contribution in [0.1, 0.15) is 27.8 Å². The smallest absolute Gasteiger partial charge is 0.119 e. The Bertz CT molecular complexity index is 3780. The van der Waals surface area contributed by atoms with Gasteiger partial charge in [-0.25, -0.2) is 0 Å². The van der Waals surface area contributed by atoms with E-state index in [1.165, 1.54) is 21.5 Å². The lowest BCUT2D eigenvalue weighted by Crippen LogP contribution is -2.10. The molecule has 5 nitrogen and oxygen atoms in total. The van der Waals surface area contributed by atoms with Gasteiger partial charge in [0, 0.05) is 44.3 Å². The zero-order valence-electron chi connectivity index (χ0n) is 38.8. The molecule has 0 aliphatic rings. The third-order valence-corrected chi connectivity index (χ3v) is 13.0. The van der Waals surface area contributed by atoms with Crippen LogP contribution >= 0.6 is 0 Å². The molecule has 0 amide bonds. The van der Waals surface area contributed by atoms with Crippen LogP contribution in [0.4, 0.5) is 34.1 Å². The summed E-state index contributed by atoms with van der Waals surface area (Å²) in [7, 11) is 3.38. The highest BCUT2D eigenvalue weighted by atomic mass is 16.5. The highest BCUT2D eigenvalue weighted by Gasteiger charge is 2.17. The van der Waals surface area contributed by atoms with Gasteiger partial charge in [0.05, 0.1) is 31.2 Å². The largest absolute Gasteiger partial charge is 0.497 e. The monoisotopic (exact) mass is 901 g/mol. The van der Waals surface area contributed by atoms with E-state index in [-0.39, 0.29) is 0 Å². The summed E-state index contributed by atoms with van der Waals surface area (Å²) in [5.74, 6) is 1.63. The predicted octanol–water partition coefficient (Wildman–Crippen LogP) is 17.5. The van der Waals surface area contributed by atoms with Crippen LogP contribution in [-0.4, -0.2) is 14.2 Å². The quantitative estimate of drug-likeness (QED) is 0.0903. The molecule has 0 aliphatic heterocycles. The average molecular weight is 902 g/mol. The van der Waals surface area contributed by atoms with E-state index in [0.29, 0.717) is 5.56 Å². The standard InChI is InChI=1S/C65H47N3O2/c1-69-57-36-32-55(33-37-57)67(64-15-7-11-49-9-3-5-13-60(49)64)53-28-22-45(23-29-53)17-19-47-26-40-59-52(41-47)43-51-27-21-48(42-62(51)63(59)44-66)20-18-46-24-30-54(31-25-46)68(56-34-38-58(70-2)39-35-56)65-16-8-12-50-10-4-6-14-61(50)65/h3-43H,1-2H3. The van der Waals surface area contributed by atoms with Crippen molar-refractivity contribution in [1.82, 2.24) is 0 Å². The molecule has 0 bridgehead atoms. The van der Waals surface area contributed by atoms with E-state index in [2.05, 4.69) is 240 Å². The van der Waals surface area contributed by atoms with Crippen LogP contribution in [0.2, 0.25) is 0 Å². The van der Waals surface area contributed by atoms with E-state index in [9.17, 15) is 5.26 Å². The highest BCUT2D eigenvalue weighted by Crippen LogP contribution is 2.41. The molecule has 0 atom stereocenters. The van der Waals surface area contributed by atoms with Gasteiger partial charge < -0.3 is 19.3 Å². The number of hydrogen-bond donors (Lipinski definition) is 0. The minimum atomic E-state index is 0.679. The van der Waals surface area contributed by atoms with Crippen LogP contribution in [0.3, 0.4) is 0 Å². The van der Waals surface area contributed by atoms with Gasteiger partial charge in [0.25, 0.3) is 0 Å². The second-order valence-corrected chi connectivity index (χ2v) is 17.2. The molecule has 5 heteroatoms. The van der Waals surface area contributed by atoms with Crippen molar-refractivity contribution in [3.05, 3.63) is 252 Å². The zero-order chi connectivity index (χ0) is 47.4. The van der Waals surface area contributed by atoms with Crippen LogP contribution in [0.25, 0.3) is 67.4 Å². The molecule has 0 radical (unpaired) electrons. The number of ether oxygens (including phenoxy) is 2. The number of hydrogen-bond acceptors (Lipinski definition) is 5. The second-order valence-electron chi connectivity index (χ2n) is 17.2. The minimum Gasteiger partial charge on any atom is -0.497 e. The van der Waals surface area contributed by atoms with Crippen molar-refractivity contribution in [3.8, 4) is 17.6 Å². The molecule has 11 aromatic rings. The average Bonchev–Trinajstić information content (AvgIpc) is 3.42. The molecular formula is C65H47N3O2. The fraction of sp³-hybridized carbons (Fsp3) is 0.0308. The Morgan fingerprint density at radius 1 is 0.343 bits per heavy atom. The van der Waals surface area contributed by atoms with E-state index >= 15 is 0 Å². The Labute approximate surface area is 408 Å². The lowest BCUT2D eigenvalue weighted by Gasteiger charge is -2.27. The van der Waals surface area contributed by atoms with Crippen LogP contribution in [-0.2, 0) is 0 Å². The summed E-state index contributed by atoms with van der Waals surface area (Å²) in [6.07, 6.45) is 8.52. The highest BCUT2D eigenvalue weighted by molar-refractivity contribution is 6.06. The second kappa shape index (κ2) is 19.1. The van der Waals surface area contributed by atoms with Crippen molar-refractivity contribution in [2.45, 2.75) is 0 Å². The Hall–Kier alpha value is -9.37. The van der Waals surface area contributed by atoms with Gasteiger partial charge in [0.15, 0.2) is 0 Å². The zero-order valence-corrected chi connectivity index (χ0v) is 38.8. The van der Waals surface area contributed by atoms with Gasteiger partial charge in [0.1, 0.15) is 17.6 Å². The number of nitriles is 1. The van der Waals surface area contributed by atoms with Crippen molar-refractivity contribution in [1.29, 1.82) is 5.26 Å². The molecule has 0 heterocycles. The van der Waals surface area contributed by atoms with Crippen molar-refractivity contribution in [2.24, 2.45) is 0 Å². The number of rotatable bonds is 12. The number of fused-ring (bicyclic) bond motifs is 4. The third kappa shape index (κ3) is 8.58. The van der Waals surface area contributed by atoms with Crippen LogP contribution < -0.4 is 19.3 Å². The van der Waals surface area contributed by atoms with E-state index in [0.717, 1.165) is 89.4 Å². The van der Waals surface area contributed by atoms with Gasteiger partial charge >= 0.3 is 0 Å². The number of methoxy groups -OCH3 is 2. The number of nitrogens with zero attached hydrogens (tertiary/aromatic N) is 3. The fourth-order valence-corrected chi connectivity index (χ4v) is 9.46. The SMILES string of the molecule is COc1ccc(N(c2ccc(C=Cc3ccc4c(C#N)c5cc(C=Cc6ccc(N(c7ccc(OC)cc7)c7cccc8ccccc78)cc6)ccc5cc4c3)cc2)c2cccc3ccccc23)cc1. The van der Waals surface area contributed by atoms with Crippen molar-refractivity contribution in [3.63, 3.8) is 0 Å². The Morgan fingerprint density at radius 3 is 1.24 bits per heavy atom. The molecule has 0 N–H and O–H groups in total. The van der Waals surface area contributed by atoms with E-state index in [1.807, 2.05) is 24.3 Å². The molecular weight excluding hydrogens is 855 g/mol. The molecule has 334 valence electrons. The van der Waals surface area contributed by atoms with E-state index in [1.54, 1.807) is 14.2 Å². The van der Waals surface area contributed by atoms with Crippen molar-refractivity contribution >= 4 is 102 Å². The predicted molar refractivity (Wildman–Crippen MR) is 294 cm³/mol. The van der Waals surface area contributed by atoms with E-state index < -0.39 is 0 Å². The lowest BCUT2D eigenvalue weighted by molar-refractivity contribution is 0.414.